The maximum Gasteiger partial charge on any atom is 0.239 e. The van der Waals surface area contributed by atoms with E-state index in [4.69, 9.17) is 0 Å². The third kappa shape index (κ3) is 5.44. The standard InChI is InChI=1S/C16H24N4O/c1-4-8-18-11-13-6-7-15(14(9-13)10-17)20(3)12-16(21)19-5-2/h6-7,9,18H,4-5,8,11-12H2,1-3H3,(H,19,21). The molecule has 0 aromatic heterocycles. The summed E-state index contributed by atoms with van der Waals surface area (Å²) in [7, 11) is 1.82. The molecule has 2 N–H and O–H groups in total. The van der Waals surface area contributed by atoms with Crippen molar-refractivity contribution in [3.63, 3.8) is 0 Å². The van der Waals surface area contributed by atoms with Crippen LogP contribution in [0, 0.1) is 11.3 Å². The summed E-state index contributed by atoms with van der Waals surface area (Å²) in [6, 6.07) is 7.99. The molecular weight excluding hydrogens is 264 g/mol. The lowest BCUT2D eigenvalue weighted by atomic mass is 10.1. The lowest BCUT2D eigenvalue weighted by molar-refractivity contribution is -0.119. The van der Waals surface area contributed by atoms with Crippen molar-refractivity contribution in [2.75, 3.05) is 31.6 Å². The van der Waals surface area contributed by atoms with Gasteiger partial charge in [-0.1, -0.05) is 13.0 Å². The summed E-state index contributed by atoms with van der Waals surface area (Å²) in [6.45, 7) is 6.57. The van der Waals surface area contributed by atoms with Crippen LogP contribution in [0.15, 0.2) is 18.2 Å². The molecule has 114 valence electrons. The molecule has 0 heterocycles. The molecule has 1 rings (SSSR count). The molecule has 0 radical (unpaired) electrons. The van der Waals surface area contributed by atoms with Gasteiger partial charge in [0.05, 0.1) is 17.8 Å². The van der Waals surface area contributed by atoms with Gasteiger partial charge in [0.1, 0.15) is 6.07 Å². The molecule has 0 aliphatic heterocycles. The van der Waals surface area contributed by atoms with E-state index < -0.39 is 0 Å². The van der Waals surface area contributed by atoms with E-state index in [0.29, 0.717) is 12.1 Å². The van der Waals surface area contributed by atoms with Gasteiger partial charge in [-0.15, -0.1) is 0 Å². The largest absolute Gasteiger partial charge is 0.364 e. The van der Waals surface area contributed by atoms with Crippen molar-refractivity contribution in [3.8, 4) is 6.07 Å². The van der Waals surface area contributed by atoms with Crippen molar-refractivity contribution in [2.45, 2.75) is 26.8 Å². The normalized spacial score (nSPS) is 10.0. The smallest absolute Gasteiger partial charge is 0.239 e. The van der Waals surface area contributed by atoms with Crippen LogP contribution < -0.4 is 15.5 Å². The first-order valence-electron chi connectivity index (χ1n) is 7.33. The van der Waals surface area contributed by atoms with Gasteiger partial charge in [-0.25, -0.2) is 0 Å². The van der Waals surface area contributed by atoms with Crippen molar-refractivity contribution < 1.29 is 4.79 Å². The van der Waals surface area contributed by atoms with Gasteiger partial charge < -0.3 is 15.5 Å². The fraction of sp³-hybridized carbons (Fsp3) is 0.500. The van der Waals surface area contributed by atoms with Crippen LogP contribution in [0.4, 0.5) is 5.69 Å². The van der Waals surface area contributed by atoms with Crippen LogP contribution in [-0.4, -0.2) is 32.6 Å². The quantitative estimate of drug-likeness (QED) is 0.713. The number of likely N-dealkylation sites (N-methyl/N-ethyl adjacent to an activating group) is 2. The van der Waals surface area contributed by atoms with Crippen LogP contribution in [0.5, 0.6) is 0 Å². The molecule has 0 aliphatic carbocycles. The minimum Gasteiger partial charge on any atom is -0.364 e. The Labute approximate surface area is 126 Å². The van der Waals surface area contributed by atoms with Gasteiger partial charge in [0, 0.05) is 20.1 Å². The van der Waals surface area contributed by atoms with E-state index in [-0.39, 0.29) is 12.5 Å². The molecule has 1 amide bonds. The van der Waals surface area contributed by atoms with Crippen LogP contribution in [0.25, 0.3) is 0 Å². The highest BCUT2D eigenvalue weighted by atomic mass is 16.2. The van der Waals surface area contributed by atoms with Crippen LogP contribution in [0.1, 0.15) is 31.4 Å². The monoisotopic (exact) mass is 288 g/mol. The number of hydrogen-bond acceptors (Lipinski definition) is 4. The van der Waals surface area contributed by atoms with E-state index in [1.807, 2.05) is 32.2 Å². The van der Waals surface area contributed by atoms with E-state index in [0.717, 1.165) is 30.8 Å². The van der Waals surface area contributed by atoms with Gasteiger partial charge in [-0.3, -0.25) is 4.79 Å². The Bertz CT molecular complexity index is 507. The second-order valence-electron chi connectivity index (χ2n) is 4.95. The molecule has 0 aliphatic rings. The summed E-state index contributed by atoms with van der Waals surface area (Å²) >= 11 is 0. The van der Waals surface area contributed by atoms with Crippen molar-refractivity contribution in [1.29, 1.82) is 5.26 Å². The number of nitrogens with one attached hydrogen (secondary N) is 2. The zero-order valence-electron chi connectivity index (χ0n) is 13.1. The summed E-state index contributed by atoms with van der Waals surface area (Å²) in [5, 5.41) is 15.4. The van der Waals surface area contributed by atoms with Gasteiger partial charge in [0.2, 0.25) is 5.91 Å². The fourth-order valence-electron chi connectivity index (χ4n) is 2.08. The second kappa shape index (κ2) is 8.98. The average molecular weight is 288 g/mol. The molecule has 1 aromatic carbocycles. The molecule has 5 nitrogen and oxygen atoms in total. The van der Waals surface area contributed by atoms with Crippen molar-refractivity contribution in [1.82, 2.24) is 10.6 Å². The lowest BCUT2D eigenvalue weighted by Crippen LogP contribution is -2.35. The number of carbonyl (C=O) groups is 1. The molecule has 0 saturated carbocycles. The molecule has 5 heteroatoms. The first-order chi connectivity index (χ1) is 10.1. The van der Waals surface area contributed by atoms with Gasteiger partial charge in [-0.05, 0) is 37.6 Å². The third-order valence-electron chi connectivity index (χ3n) is 3.10. The lowest BCUT2D eigenvalue weighted by Gasteiger charge is -2.20. The van der Waals surface area contributed by atoms with Gasteiger partial charge in [0.25, 0.3) is 0 Å². The summed E-state index contributed by atoms with van der Waals surface area (Å²) in [5.41, 5.74) is 2.45. The molecule has 1 aromatic rings. The number of amides is 1. The Morgan fingerprint density at radius 2 is 2.14 bits per heavy atom. The maximum absolute atomic E-state index is 11.6. The average Bonchev–Trinajstić information content (AvgIpc) is 2.47. The van der Waals surface area contributed by atoms with E-state index in [9.17, 15) is 10.1 Å². The third-order valence-corrected chi connectivity index (χ3v) is 3.10. The number of carbonyl (C=O) groups excluding carboxylic acids is 1. The number of nitriles is 1. The minimum absolute atomic E-state index is 0.0439. The van der Waals surface area contributed by atoms with Crippen LogP contribution in [-0.2, 0) is 11.3 Å². The highest BCUT2D eigenvalue weighted by molar-refractivity contribution is 5.81. The molecule has 0 saturated heterocycles. The number of hydrogen-bond donors (Lipinski definition) is 2. The Morgan fingerprint density at radius 3 is 2.76 bits per heavy atom. The molecule has 0 bridgehead atoms. The minimum atomic E-state index is -0.0439. The number of benzene rings is 1. The van der Waals surface area contributed by atoms with E-state index in [1.54, 1.807) is 4.90 Å². The molecule has 0 fully saturated rings. The zero-order chi connectivity index (χ0) is 15.7. The van der Waals surface area contributed by atoms with Gasteiger partial charge in [-0.2, -0.15) is 5.26 Å². The van der Waals surface area contributed by atoms with E-state index >= 15 is 0 Å². The second-order valence-corrected chi connectivity index (χ2v) is 4.95. The van der Waals surface area contributed by atoms with Crippen LogP contribution >= 0.6 is 0 Å². The summed E-state index contributed by atoms with van der Waals surface area (Å²) in [4.78, 5) is 13.4. The van der Waals surface area contributed by atoms with Crippen molar-refractivity contribution >= 4 is 11.6 Å². The molecule has 0 spiro atoms. The zero-order valence-corrected chi connectivity index (χ0v) is 13.1. The number of anilines is 1. The van der Waals surface area contributed by atoms with Crippen molar-refractivity contribution in [2.24, 2.45) is 0 Å². The van der Waals surface area contributed by atoms with E-state index in [2.05, 4.69) is 23.6 Å². The first kappa shape index (κ1) is 17.0. The Kier molecular flexibility index (Phi) is 7.27. The summed E-state index contributed by atoms with van der Waals surface area (Å²) in [6.07, 6.45) is 1.08. The number of nitrogens with zero attached hydrogens (tertiary/aromatic N) is 2. The fourth-order valence-corrected chi connectivity index (χ4v) is 2.08. The van der Waals surface area contributed by atoms with Crippen LogP contribution in [0.2, 0.25) is 0 Å². The van der Waals surface area contributed by atoms with Gasteiger partial charge >= 0.3 is 0 Å². The summed E-state index contributed by atoms with van der Waals surface area (Å²) < 4.78 is 0. The molecule has 0 atom stereocenters. The molecule has 0 unspecified atom stereocenters. The van der Waals surface area contributed by atoms with Crippen LogP contribution in [0.3, 0.4) is 0 Å². The highest BCUT2D eigenvalue weighted by Gasteiger charge is 2.11. The molecular formula is C16H24N4O. The van der Waals surface area contributed by atoms with Crippen molar-refractivity contribution in [3.05, 3.63) is 29.3 Å². The number of rotatable bonds is 8. The first-order valence-corrected chi connectivity index (χ1v) is 7.33. The molecule has 21 heavy (non-hydrogen) atoms. The predicted molar refractivity (Wildman–Crippen MR) is 85.1 cm³/mol. The Balaban J connectivity index is 2.78. The van der Waals surface area contributed by atoms with Gasteiger partial charge in [0.15, 0.2) is 0 Å². The Hall–Kier alpha value is -2.06. The summed E-state index contributed by atoms with van der Waals surface area (Å²) in [5.74, 6) is -0.0439. The Morgan fingerprint density at radius 1 is 1.38 bits per heavy atom. The SMILES string of the molecule is CCCNCc1ccc(N(C)CC(=O)NCC)c(C#N)c1. The topological polar surface area (TPSA) is 68.2 Å². The predicted octanol–water partition coefficient (Wildman–Crippen LogP) is 1.63. The van der Waals surface area contributed by atoms with E-state index in [1.165, 1.54) is 0 Å². The highest BCUT2D eigenvalue weighted by Crippen LogP contribution is 2.20. The maximum atomic E-state index is 11.6.